The number of nitrogens with one attached hydrogen (secondary N) is 2. The number of allylic oxidation sites excluding steroid dienone is 1. The van der Waals surface area contributed by atoms with Crippen LogP contribution in [0.25, 0.3) is 0 Å². The Kier molecular flexibility index (Phi) is 12.7. The van der Waals surface area contributed by atoms with Gasteiger partial charge in [0, 0.05) is 37.7 Å². The van der Waals surface area contributed by atoms with Gasteiger partial charge in [0.1, 0.15) is 5.75 Å². The van der Waals surface area contributed by atoms with E-state index in [-0.39, 0.29) is 35.8 Å². The smallest absolute Gasteiger partial charge is 0.249 e. The summed E-state index contributed by atoms with van der Waals surface area (Å²) in [5.41, 5.74) is 6.40. The van der Waals surface area contributed by atoms with Gasteiger partial charge in [0.05, 0.1) is 23.5 Å². The van der Waals surface area contributed by atoms with Crippen LogP contribution in [0.2, 0.25) is 0 Å². The lowest BCUT2D eigenvalue weighted by atomic mass is 9.64. The fourth-order valence-electron chi connectivity index (χ4n) is 5.75. The normalized spacial score (nSPS) is 18.1. The maximum absolute atomic E-state index is 13.9. The van der Waals surface area contributed by atoms with Gasteiger partial charge in [-0.05, 0) is 68.1 Å². The Balaban J connectivity index is 2.08. The van der Waals surface area contributed by atoms with E-state index in [4.69, 9.17) is 10.5 Å². The molecule has 2 amide bonds. The summed E-state index contributed by atoms with van der Waals surface area (Å²) in [7, 11) is -1.23. The maximum Gasteiger partial charge on any atom is 0.249 e. The standard InChI is InChI=1S/C33H46N4O6S/c1-5-15-37(16-6-2)31(39)26-19-28(44(41,42)35-3)21-33(20-26,32(34)40)29(18-24-11-8-7-9-12-24)30(38)23-36-22-25-13-10-14-27(17-25)43-4/h7-14,17,19,21,29-30,35-36,38H,5-6,15-16,18,20,22-23H2,1-4H3,(H2,34,40)/t29-,30+,33?/m1/s1. The number of nitrogens with zero attached hydrogens (tertiary/aromatic N) is 1. The molecule has 1 unspecified atom stereocenters. The minimum Gasteiger partial charge on any atom is -0.497 e. The number of rotatable bonds is 17. The second-order valence-corrected chi connectivity index (χ2v) is 13.0. The second-order valence-electron chi connectivity index (χ2n) is 11.1. The Morgan fingerprint density at radius 1 is 1.07 bits per heavy atom. The maximum atomic E-state index is 13.9. The predicted molar refractivity (Wildman–Crippen MR) is 172 cm³/mol. The van der Waals surface area contributed by atoms with E-state index < -0.39 is 33.4 Å². The summed E-state index contributed by atoms with van der Waals surface area (Å²) in [6, 6.07) is 16.8. The van der Waals surface area contributed by atoms with E-state index >= 15 is 0 Å². The van der Waals surface area contributed by atoms with Gasteiger partial charge in [0.15, 0.2) is 0 Å². The summed E-state index contributed by atoms with van der Waals surface area (Å²) in [5, 5.41) is 15.0. The summed E-state index contributed by atoms with van der Waals surface area (Å²) < 4.78 is 34.0. The van der Waals surface area contributed by atoms with E-state index in [2.05, 4.69) is 10.0 Å². The third-order valence-corrected chi connectivity index (χ3v) is 9.42. The molecule has 0 fully saturated rings. The van der Waals surface area contributed by atoms with Crippen LogP contribution in [0, 0.1) is 11.3 Å². The molecule has 1 aliphatic rings. The first-order valence-corrected chi connectivity index (χ1v) is 16.5. The van der Waals surface area contributed by atoms with Crippen molar-refractivity contribution in [1.29, 1.82) is 0 Å². The molecular weight excluding hydrogens is 580 g/mol. The van der Waals surface area contributed by atoms with Crippen LogP contribution in [-0.2, 0) is 32.6 Å². The molecule has 0 heterocycles. The Morgan fingerprint density at radius 3 is 2.32 bits per heavy atom. The molecule has 0 radical (unpaired) electrons. The molecule has 5 N–H and O–H groups in total. The topological polar surface area (TPSA) is 151 Å². The molecule has 2 aromatic rings. The molecule has 0 saturated carbocycles. The van der Waals surface area contributed by atoms with Gasteiger partial charge in [-0.15, -0.1) is 0 Å². The van der Waals surface area contributed by atoms with Gasteiger partial charge in [-0.3, -0.25) is 9.59 Å². The first kappa shape index (κ1) is 35.0. The molecule has 0 aliphatic heterocycles. The summed E-state index contributed by atoms with van der Waals surface area (Å²) in [5.74, 6) is -1.33. The molecule has 2 aromatic carbocycles. The number of ether oxygens (including phenoxy) is 1. The largest absolute Gasteiger partial charge is 0.497 e. The van der Waals surface area contributed by atoms with Gasteiger partial charge in [-0.1, -0.05) is 56.3 Å². The fourth-order valence-corrected chi connectivity index (χ4v) is 6.65. The third-order valence-electron chi connectivity index (χ3n) is 8.03. The van der Waals surface area contributed by atoms with Crippen molar-refractivity contribution >= 4 is 21.8 Å². The zero-order valence-corrected chi connectivity index (χ0v) is 26.9. The lowest BCUT2D eigenvalue weighted by molar-refractivity contribution is -0.132. The van der Waals surface area contributed by atoms with Gasteiger partial charge in [0.2, 0.25) is 21.8 Å². The first-order valence-electron chi connectivity index (χ1n) is 15.0. The number of benzene rings is 2. The molecule has 0 bridgehead atoms. The van der Waals surface area contributed by atoms with Crippen molar-refractivity contribution in [2.45, 2.75) is 52.2 Å². The highest BCUT2D eigenvalue weighted by atomic mass is 32.2. The van der Waals surface area contributed by atoms with E-state index in [1.807, 2.05) is 68.4 Å². The molecule has 10 nitrogen and oxygen atoms in total. The van der Waals surface area contributed by atoms with E-state index in [0.717, 1.165) is 11.1 Å². The highest BCUT2D eigenvalue weighted by molar-refractivity contribution is 7.93. The Labute approximate surface area is 261 Å². The lowest BCUT2D eigenvalue weighted by Gasteiger charge is -2.42. The van der Waals surface area contributed by atoms with Gasteiger partial charge < -0.3 is 25.8 Å². The zero-order chi connectivity index (χ0) is 32.3. The fraction of sp³-hybridized carbons (Fsp3) is 0.455. The van der Waals surface area contributed by atoms with E-state index in [1.165, 1.54) is 19.2 Å². The number of hydrogen-bond donors (Lipinski definition) is 4. The van der Waals surface area contributed by atoms with Crippen LogP contribution in [0.3, 0.4) is 0 Å². The van der Waals surface area contributed by atoms with Crippen LogP contribution < -0.4 is 20.5 Å². The van der Waals surface area contributed by atoms with Crippen molar-refractivity contribution in [2.24, 2.45) is 17.1 Å². The highest BCUT2D eigenvalue weighted by Crippen LogP contribution is 2.45. The van der Waals surface area contributed by atoms with Crippen molar-refractivity contribution in [3.63, 3.8) is 0 Å². The van der Waals surface area contributed by atoms with Crippen molar-refractivity contribution in [1.82, 2.24) is 14.9 Å². The Bertz CT molecular complexity index is 1440. The molecule has 1 aliphatic carbocycles. The molecule has 0 aromatic heterocycles. The molecule has 11 heteroatoms. The molecule has 44 heavy (non-hydrogen) atoms. The summed E-state index contributed by atoms with van der Waals surface area (Å²) >= 11 is 0. The summed E-state index contributed by atoms with van der Waals surface area (Å²) in [6.07, 6.45) is 3.03. The molecule has 3 atom stereocenters. The quantitative estimate of drug-likeness (QED) is 0.211. The van der Waals surface area contributed by atoms with Crippen LogP contribution >= 0.6 is 0 Å². The minimum absolute atomic E-state index is 0.0798. The van der Waals surface area contributed by atoms with Crippen molar-refractivity contribution in [3.05, 3.63) is 88.4 Å². The lowest BCUT2D eigenvalue weighted by Crippen LogP contribution is -2.52. The van der Waals surface area contributed by atoms with E-state index in [9.17, 15) is 23.1 Å². The third kappa shape index (κ3) is 8.56. The van der Waals surface area contributed by atoms with Gasteiger partial charge >= 0.3 is 0 Å². The average Bonchev–Trinajstić information content (AvgIpc) is 3.03. The van der Waals surface area contributed by atoms with Gasteiger partial charge in [-0.2, -0.15) is 0 Å². The molecule has 240 valence electrons. The number of nitrogens with two attached hydrogens (primary N) is 1. The molecular formula is C33H46N4O6S. The molecule has 0 saturated heterocycles. The number of hydrogen-bond acceptors (Lipinski definition) is 7. The van der Waals surface area contributed by atoms with E-state index in [0.29, 0.717) is 38.2 Å². The number of sulfonamides is 1. The van der Waals surface area contributed by atoms with Crippen LogP contribution in [0.15, 0.2) is 77.2 Å². The minimum atomic E-state index is -4.09. The van der Waals surface area contributed by atoms with Crippen LogP contribution in [0.1, 0.15) is 44.2 Å². The first-order chi connectivity index (χ1) is 21.0. The zero-order valence-electron chi connectivity index (χ0n) is 26.1. The average molecular weight is 627 g/mol. The number of aliphatic hydroxyl groups excluding tert-OH is 1. The van der Waals surface area contributed by atoms with E-state index in [1.54, 1.807) is 12.0 Å². The van der Waals surface area contributed by atoms with Crippen molar-refractivity contribution < 1.29 is 27.9 Å². The molecule has 3 rings (SSSR count). The number of aliphatic hydroxyl groups is 1. The number of amides is 2. The number of methoxy groups -OCH3 is 1. The second kappa shape index (κ2) is 16.0. The monoisotopic (exact) mass is 626 g/mol. The number of carbonyl (C=O) groups is 2. The van der Waals surface area contributed by atoms with Gasteiger partial charge in [0.25, 0.3) is 0 Å². The Morgan fingerprint density at radius 2 is 1.73 bits per heavy atom. The summed E-state index contributed by atoms with van der Waals surface area (Å²) in [4.78, 5) is 28.9. The number of carbonyl (C=O) groups excluding carboxylic acids is 2. The Hall–Kier alpha value is -3.51. The molecule has 0 spiro atoms. The summed E-state index contributed by atoms with van der Waals surface area (Å²) in [6.45, 7) is 5.38. The SMILES string of the molecule is CCCN(CCC)C(=O)C1=CC(S(=O)(=O)NC)=CC(C(N)=O)([C@H](Cc2ccccc2)[C@@H](O)CNCc2cccc(OC)c2)C1. The van der Waals surface area contributed by atoms with Gasteiger partial charge in [-0.25, -0.2) is 13.1 Å². The van der Waals surface area contributed by atoms with Crippen LogP contribution in [-0.4, -0.2) is 70.1 Å². The van der Waals surface area contributed by atoms with Crippen molar-refractivity contribution in [3.8, 4) is 5.75 Å². The highest BCUT2D eigenvalue weighted by Gasteiger charge is 2.50. The predicted octanol–water partition coefficient (Wildman–Crippen LogP) is 2.89. The number of primary amides is 1. The van der Waals surface area contributed by atoms with Crippen molar-refractivity contribution in [2.75, 3.05) is 33.8 Å². The van der Waals surface area contributed by atoms with Crippen LogP contribution in [0.5, 0.6) is 5.75 Å². The van der Waals surface area contributed by atoms with Crippen LogP contribution in [0.4, 0.5) is 0 Å².